The molecule has 1 aromatic carbocycles. The fourth-order valence-corrected chi connectivity index (χ4v) is 1.55. The van der Waals surface area contributed by atoms with Gasteiger partial charge in [-0.15, -0.1) is 0 Å². The van der Waals surface area contributed by atoms with Crippen LogP contribution in [0.25, 0.3) is 0 Å². The topological polar surface area (TPSA) is 49.3 Å². The van der Waals surface area contributed by atoms with Crippen molar-refractivity contribution in [3.8, 4) is 0 Å². The van der Waals surface area contributed by atoms with Crippen molar-refractivity contribution in [2.75, 3.05) is 6.54 Å². The van der Waals surface area contributed by atoms with E-state index in [4.69, 9.17) is 0 Å². The first-order valence-corrected chi connectivity index (χ1v) is 5.54. The summed E-state index contributed by atoms with van der Waals surface area (Å²) in [5.41, 5.74) is -0.767. The summed E-state index contributed by atoms with van der Waals surface area (Å²) in [6.07, 6.45) is 0. The van der Waals surface area contributed by atoms with Crippen LogP contribution < -0.4 is 5.32 Å². The molecule has 3 nitrogen and oxygen atoms in total. The molecule has 0 bridgehead atoms. The predicted molar refractivity (Wildman–Crippen MR) is 62.7 cm³/mol. The van der Waals surface area contributed by atoms with Crippen molar-refractivity contribution < 1.29 is 14.3 Å². The second-order valence-electron chi connectivity index (χ2n) is 4.15. The number of hydrogen-bond donors (Lipinski definition) is 2. The summed E-state index contributed by atoms with van der Waals surface area (Å²) >= 11 is 3.10. The first-order chi connectivity index (χ1) is 7.28. The van der Waals surface area contributed by atoms with Gasteiger partial charge in [-0.05, 0) is 32.0 Å². The van der Waals surface area contributed by atoms with Gasteiger partial charge in [-0.2, -0.15) is 0 Å². The zero-order valence-corrected chi connectivity index (χ0v) is 10.6. The van der Waals surface area contributed by atoms with Gasteiger partial charge in [0, 0.05) is 16.6 Å². The molecule has 0 fully saturated rings. The summed E-state index contributed by atoms with van der Waals surface area (Å²) in [4.78, 5) is 11.6. The molecule has 16 heavy (non-hydrogen) atoms. The minimum absolute atomic E-state index is 0.111. The lowest BCUT2D eigenvalue weighted by atomic mass is 10.1. The van der Waals surface area contributed by atoms with Gasteiger partial charge in [-0.25, -0.2) is 4.39 Å². The third-order valence-electron chi connectivity index (χ3n) is 1.81. The van der Waals surface area contributed by atoms with E-state index in [1.54, 1.807) is 13.8 Å². The molecule has 0 unspecified atom stereocenters. The van der Waals surface area contributed by atoms with Crippen LogP contribution in [-0.4, -0.2) is 23.2 Å². The van der Waals surface area contributed by atoms with E-state index >= 15 is 0 Å². The van der Waals surface area contributed by atoms with Gasteiger partial charge in [0.25, 0.3) is 5.91 Å². The minimum Gasteiger partial charge on any atom is -0.389 e. The zero-order valence-electron chi connectivity index (χ0n) is 9.05. The van der Waals surface area contributed by atoms with E-state index in [1.165, 1.54) is 12.1 Å². The second-order valence-corrected chi connectivity index (χ2v) is 5.07. The Morgan fingerprint density at radius 2 is 2.12 bits per heavy atom. The average molecular weight is 290 g/mol. The third kappa shape index (κ3) is 4.28. The highest BCUT2D eigenvalue weighted by Crippen LogP contribution is 2.14. The number of benzene rings is 1. The molecule has 0 aromatic heterocycles. The monoisotopic (exact) mass is 289 g/mol. The SMILES string of the molecule is CC(C)(O)CNC(=O)c1cc(F)cc(Br)c1. The number of rotatable bonds is 3. The van der Waals surface area contributed by atoms with Crippen LogP contribution in [0.15, 0.2) is 22.7 Å². The van der Waals surface area contributed by atoms with Crippen molar-refractivity contribution in [1.29, 1.82) is 0 Å². The molecule has 0 spiro atoms. The standard InChI is InChI=1S/C11H13BrFNO2/c1-11(2,16)6-14-10(15)7-3-8(12)5-9(13)4-7/h3-5,16H,6H2,1-2H3,(H,14,15). The van der Waals surface area contributed by atoms with Gasteiger partial charge in [0.15, 0.2) is 0 Å². The smallest absolute Gasteiger partial charge is 0.251 e. The Kier molecular flexibility index (Phi) is 4.04. The van der Waals surface area contributed by atoms with Gasteiger partial charge in [0.2, 0.25) is 0 Å². The molecule has 0 saturated heterocycles. The van der Waals surface area contributed by atoms with Crippen LogP contribution in [0.5, 0.6) is 0 Å². The van der Waals surface area contributed by atoms with Gasteiger partial charge in [-0.1, -0.05) is 15.9 Å². The number of aliphatic hydroxyl groups is 1. The predicted octanol–water partition coefficient (Wildman–Crippen LogP) is 2.09. The minimum atomic E-state index is -0.986. The lowest BCUT2D eigenvalue weighted by molar-refractivity contribution is 0.0694. The Morgan fingerprint density at radius 1 is 1.50 bits per heavy atom. The average Bonchev–Trinajstić information content (AvgIpc) is 2.11. The normalized spacial score (nSPS) is 11.3. The van der Waals surface area contributed by atoms with Crippen molar-refractivity contribution in [1.82, 2.24) is 5.32 Å². The Bertz CT molecular complexity index is 381. The van der Waals surface area contributed by atoms with E-state index in [1.807, 2.05) is 0 Å². The Hall–Kier alpha value is -0.940. The number of carbonyl (C=O) groups is 1. The van der Waals surface area contributed by atoms with E-state index in [2.05, 4.69) is 21.2 Å². The second kappa shape index (κ2) is 4.93. The zero-order chi connectivity index (χ0) is 12.3. The Morgan fingerprint density at radius 3 is 2.62 bits per heavy atom. The van der Waals surface area contributed by atoms with Crippen molar-refractivity contribution >= 4 is 21.8 Å². The van der Waals surface area contributed by atoms with Gasteiger partial charge in [0.1, 0.15) is 5.82 Å². The van der Waals surface area contributed by atoms with Crippen LogP contribution in [0.3, 0.4) is 0 Å². The number of carbonyl (C=O) groups excluding carboxylic acids is 1. The molecule has 0 aliphatic rings. The molecule has 1 amide bonds. The fraction of sp³-hybridized carbons (Fsp3) is 0.364. The quantitative estimate of drug-likeness (QED) is 0.895. The maximum atomic E-state index is 13.0. The number of amides is 1. The van der Waals surface area contributed by atoms with Crippen molar-refractivity contribution in [2.24, 2.45) is 0 Å². The largest absolute Gasteiger partial charge is 0.389 e. The summed E-state index contributed by atoms with van der Waals surface area (Å²) in [6, 6.07) is 3.93. The Balaban J connectivity index is 2.73. The van der Waals surface area contributed by atoms with Crippen LogP contribution in [0.4, 0.5) is 4.39 Å². The van der Waals surface area contributed by atoms with Gasteiger partial charge in [-0.3, -0.25) is 4.79 Å². The molecule has 2 N–H and O–H groups in total. The highest BCUT2D eigenvalue weighted by molar-refractivity contribution is 9.10. The molecule has 0 saturated carbocycles. The van der Waals surface area contributed by atoms with E-state index in [9.17, 15) is 14.3 Å². The molecular formula is C11H13BrFNO2. The molecule has 5 heteroatoms. The molecule has 0 atom stereocenters. The summed E-state index contributed by atoms with van der Waals surface area (Å²) in [6.45, 7) is 3.27. The van der Waals surface area contributed by atoms with Gasteiger partial charge in [0.05, 0.1) is 5.60 Å². The number of nitrogens with one attached hydrogen (secondary N) is 1. The summed E-state index contributed by atoms with van der Waals surface area (Å²) in [5, 5.41) is 11.9. The Labute approximate surface area is 102 Å². The van der Waals surface area contributed by atoms with Gasteiger partial charge < -0.3 is 10.4 Å². The number of halogens is 2. The van der Waals surface area contributed by atoms with Crippen LogP contribution in [0.1, 0.15) is 24.2 Å². The van der Waals surface area contributed by atoms with E-state index < -0.39 is 17.3 Å². The van der Waals surface area contributed by atoms with Crippen molar-refractivity contribution in [2.45, 2.75) is 19.4 Å². The third-order valence-corrected chi connectivity index (χ3v) is 2.26. The molecular weight excluding hydrogens is 277 g/mol. The summed E-state index contributed by atoms with van der Waals surface area (Å²) in [5.74, 6) is -0.898. The lowest BCUT2D eigenvalue weighted by Gasteiger charge is -2.17. The first kappa shape index (κ1) is 13.1. The molecule has 0 aliphatic carbocycles. The van der Waals surface area contributed by atoms with Crippen LogP contribution in [-0.2, 0) is 0 Å². The highest BCUT2D eigenvalue weighted by Gasteiger charge is 2.15. The van der Waals surface area contributed by atoms with Crippen LogP contribution >= 0.6 is 15.9 Å². The van der Waals surface area contributed by atoms with E-state index in [0.717, 1.165) is 6.07 Å². The van der Waals surface area contributed by atoms with E-state index in [-0.39, 0.29) is 12.1 Å². The first-order valence-electron chi connectivity index (χ1n) is 4.74. The fourth-order valence-electron chi connectivity index (χ4n) is 1.08. The molecule has 0 radical (unpaired) electrons. The summed E-state index contributed by atoms with van der Waals surface area (Å²) < 4.78 is 13.5. The maximum absolute atomic E-state index is 13.0. The van der Waals surface area contributed by atoms with Crippen LogP contribution in [0.2, 0.25) is 0 Å². The van der Waals surface area contributed by atoms with E-state index in [0.29, 0.717) is 4.47 Å². The van der Waals surface area contributed by atoms with Crippen molar-refractivity contribution in [3.63, 3.8) is 0 Å². The lowest BCUT2D eigenvalue weighted by Crippen LogP contribution is -2.38. The van der Waals surface area contributed by atoms with Crippen molar-refractivity contribution in [3.05, 3.63) is 34.1 Å². The maximum Gasteiger partial charge on any atom is 0.251 e. The molecule has 0 heterocycles. The molecule has 0 aliphatic heterocycles. The van der Waals surface area contributed by atoms with Gasteiger partial charge >= 0.3 is 0 Å². The molecule has 88 valence electrons. The summed E-state index contributed by atoms with van der Waals surface area (Å²) in [7, 11) is 0. The number of hydrogen-bond acceptors (Lipinski definition) is 2. The highest BCUT2D eigenvalue weighted by atomic mass is 79.9. The molecule has 1 aromatic rings. The van der Waals surface area contributed by atoms with Crippen LogP contribution in [0, 0.1) is 5.82 Å². The molecule has 1 rings (SSSR count).